The summed E-state index contributed by atoms with van der Waals surface area (Å²) in [6, 6.07) is 0. The van der Waals surface area contributed by atoms with Crippen LogP contribution >= 0.6 is 0 Å². The van der Waals surface area contributed by atoms with Gasteiger partial charge in [0.15, 0.2) is 0 Å². The second-order valence-electron chi connectivity index (χ2n) is 4.56. The van der Waals surface area contributed by atoms with Crippen LogP contribution in [0.4, 0.5) is 0 Å². The Morgan fingerprint density at radius 1 is 1.33 bits per heavy atom. The summed E-state index contributed by atoms with van der Waals surface area (Å²) in [5.74, 6) is 1.39. The topological polar surface area (TPSA) is 32.3 Å². The Morgan fingerprint density at radius 2 is 2.00 bits per heavy atom. The summed E-state index contributed by atoms with van der Waals surface area (Å²) in [5.41, 5.74) is -0.365. The normalized spacial score (nSPS) is 46.5. The van der Waals surface area contributed by atoms with E-state index in [0.717, 1.165) is 18.9 Å². The second-order valence-corrected chi connectivity index (χ2v) is 4.56. The summed E-state index contributed by atoms with van der Waals surface area (Å²) in [6.45, 7) is 0.786. The van der Waals surface area contributed by atoms with Crippen molar-refractivity contribution < 1.29 is 5.11 Å². The average molecular weight is 169 g/mol. The molecule has 2 heteroatoms. The summed E-state index contributed by atoms with van der Waals surface area (Å²) >= 11 is 0. The molecule has 0 saturated heterocycles. The zero-order valence-electron chi connectivity index (χ0n) is 7.84. The summed E-state index contributed by atoms with van der Waals surface area (Å²) in [7, 11) is 1.93. The van der Waals surface area contributed by atoms with Crippen molar-refractivity contribution >= 4 is 0 Å². The molecule has 1 unspecified atom stereocenters. The lowest BCUT2D eigenvalue weighted by molar-refractivity contribution is -0.0938. The molecule has 3 aliphatic carbocycles. The first-order valence-electron chi connectivity index (χ1n) is 5.11. The Morgan fingerprint density at radius 3 is 2.42 bits per heavy atom. The molecule has 0 aliphatic heterocycles. The van der Waals surface area contributed by atoms with Crippen LogP contribution in [0.25, 0.3) is 0 Å². The summed E-state index contributed by atoms with van der Waals surface area (Å²) in [4.78, 5) is 0. The van der Waals surface area contributed by atoms with E-state index in [9.17, 15) is 5.11 Å². The van der Waals surface area contributed by atoms with Gasteiger partial charge in [-0.15, -0.1) is 0 Å². The number of rotatable bonds is 2. The van der Waals surface area contributed by atoms with Gasteiger partial charge in [0.1, 0.15) is 0 Å². The maximum Gasteiger partial charge on any atom is 0.0802 e. The molecule has 0 aromatic carbocycles. The molecule has 0 aromatic heterocycles. The molecule has 70 valence electrons. The van der Waals surface area contributed by atoms with E-state index in [2.05, 4.69) is 5.32 Å². The molecule has 0 amide bonds. The van der Waals surface area contributed by atoms with Gasteiger partial charge in [-0.2, -0.15) is 0 Å². The van der Waals surface area contributed by atoms with Crippen LogP contribution in [0.5, 0.6) is 0 Å². The number of hydrogen-bond donors (Lipinski definition) is 2. The molecule has 3 saturated carbocycles. The smallest absolute Gasteiger partial charge is 0.0802 e. The molecule has 2 nitrogen and oxygen atoms in total. The monoisotopic (exact) mass is 169 g/mol. The maximum absolute atomic E-state index is 10.3. The lowest BCUT2D eigenvalue weighted by atomic mass is 9.62. The maximum atomic E-state index is 10.3. The van der Waals surface area contributed by atoms with Crippen LogP contribution in [-0.4, -0.2) is 24.3 Å². The lowest BCUT2D eigenvalue weighted by Gasteiger charge is -2.48. The van der Waals surface area contributed by atoms with Crippen molar-refractivity contribution in [3.63, 3.8) is 0 Å². The number of fused-ring (bicyclic) bond motifs is 3. The lowest BCUT2D eigenvalue weighted by Crippen LogP contribution is -2.52. The number of hydrogen-bond acceptors (Lipinski definition) is 2. The third-order valence-electron chi connectivity index (χ3n) is 3.73. The fourth-order valence-electron chi connectivity index (χ4n) is 3.09. The van der Waals surface area contributed by atoms with Gasteiger partial charge in [-0.25, -0.2) is 0 Å². The van der Waals surface area contributed by atoms with Crippen molar-refractivity contribution in [3.05, 3.63) is 0 Å². The highest BCUT2D eigenvalue weighted by atomic mass is 16.3. The molecular weight excluding hydrogens is 150 g/mol. The quantitative estimate of drug-likeness (QED) is 0.650. The van der Waals surface area contributed by atoms with Crippen molar-refractivity contribution in [2.75, 3.05) is 13.6 Å². The van der Waals surface area contributed by atoms with Gasteiger partial charge < -0.3 is 10.4 Å². The van der Waals surface area contributed by atoms with Crippen LogP contribution in [0.1, 0.15) is 32.1 Å². The van der Waals surface area contributed by atoms with Gasteiger partial charge in [-0.05, 0) is 51.0 Å². The predicted molar refractivity (Wildman–Crippen MR) is 48.9 cm³/mol. The van der Waals surface area contributed by atoms with Crippen molar-refractivity contribution in [2.45, 2.75) is 37.7 Å². The van der Waals surface area contributed by atoms with Crippen molar-refractivity contribution in [1.29, 1.82) is 0 Å². The average Bonchev–Trinajstić information content (AvgIpc) is 2.05. The van der Waals surface area contributed by atoms with Gasteiger partial charge in [0, 0.05) is 6.54 Å². The first-order chi connectivity index (χ1) is 5.74. The summed E-state index contributed by atoms with van der Waals surface area (Å²) < 4.78 is 0. The predicted octanol–water partition coefficient (Wildman–Crippen LogP) is 1.15. The molecule has 3 aliphatic rings. The highest BCUT2D eigenvalue weighted by molar-refractivity contribution is 4.98. The zero-order valence-corrected chi connectivity index (χ0v) is 7.84. The standard InChI is InChI=1S/C10H19NO/c1-11-7-10(12)6-8-2-4-9(10)5-3-8/h8-9,11-12H,2-7H2,1H3. The molecule has 2 N–H and O–H groups in total. The largest absolute Gasteiger partial charge is 0.388 e. The van der Waals surface area contributed by atoms with Crippen LogP contribution in [-0.2, 0) is 0 Å². The SMILES string of the molecule is CNCC1(O)CC2CCC1CC2. The Kier molecular flexibility index (Phi) is 2.13. The minimum atomic E-state index is -0.365. The molecule has 3 rings (SSSR count). The van der Waals surface area contributed by atoms with Gasteiger partial charge in [0.25, 0.3) is 0 Å². The molecule has 0 aromatic rings. The van der Waals surface area contributed by atoms with E-state index in [4.69, 9.17) is 0 Å². The Balaban J connectivity index is 2.06. The number of nitrogens with one attached hydrogen (secondary N) is 1. The van der Waals surface area contributed by atoms with E-state index in [1.54, 1.807) is 0 Å². The first-order valence-corrected chi connectivity index (χ1v) is 5.11. The Labute approximate surface area is 74.4 Å². The fraction of sp³-hybridized carbons (Fsp3) is 1.00. The first kappa shape index (κ1) is 8.52. The molecule has 1 atom stereocenters. The zero-order chi connectivity index (χ0) is 8.60. The van der Waals surface area contributed by atoms with Crippen LogP contribution < -0.4 is 5.32 Å². The van der Waals surface area contributed by atoms with Crippen molar-refractivity contribution in [3.8, 4) is 0 Å². The van der Waals surface area contributed by atoms with Crippen LogP contribution in [0, 0.1) is 11.8 Å². The van der Waals surface area contributed by atoms with Crippen LogP contribution in [0.15, 0.2) is 0 Å². The van der Waals surface area contributed by atoms with Crippen LogP contribution in [0.3, 0.4) is 0 Å². The number of likely N-dealkylation sites (N-methyl/N-ethyl adjacent to an activating group) is 1. The Hall–Kier alpha value is -0.0800. The third kappa shape index (κ3) is 1.27. The van der Waals surface area contributed by atoms with E-state index in [1.165, 1.54) is 25.7 Å². The van der Waals surface area contributed by atoms with E-state index in [0.29, 0.717) is 5.92 Å². The van der Waals surface area contributed by atoms with Crippen molar-refractivity contribution in [1.82, 2.24) is 5.32 Å². The van der Waals surface area contributed by atoms with Crippen LogP contribution in [0.2, 0.25) is 0 Å². The third-order valence-corrected chi connectivity index (χ3v) is 3.73. The van der Waals surface area contributed by atoms with Gasteiger partial charge in [-0.1, -0.05) is 0 Å². The highest BCUT2D eigenvalue weighted by Gasteiger charge is 2.45. The Bertz CT molecular complexity index is 163. The molecule has 0 heterocycles. The van der Waals surface area contributed by atoms with Gasteiger partial charge in [0.2, 0.25) is 0 Å². The molecular formula is C10H19NO. The molecule has 3 fully saturated rings. The molecule has 2 bridgehead atoms. The molecule has 0 radical (unpaired) electrons. The summed E-state index contributed by atoms with van der Waals surface area (Å²) in [6.07, 6.45) is 6.26. The van der Waals surface area contributed by atoms with E-state index in [1.807, 2.05) is 7.05 Å². The van der Waals surface area contributed by atoms with Gasteiger partial charge in [0.05, 0.1) is 5.60 Å². The van der Waals surface area contributed by atoms with E-state index in [-0.39, 0.29) is 5.60 Å². The second kappa shape index (κ2) is 3.00. The minimum Gasteiger partial charge on any atom is -0.388 e. The van der Waals surface area contributed by atoms with Gasteiger partial charge in [-0.3, -0.25) is 0 Å². The molecule has 12 heavy (non-hydrogen) atoms. The highest BCUT2D eigenvalue weighted by Crippen LogP contribution is 2.46. The minimum absolute atomic E-state index is 0.365. The summed E-state index contributed by atoms with van der Waals surface area (Å²) in [5, 5.41) is 13.4. The van der Waals surface area contributed by atoms with E-state index >= 15 is 0 Å². The molecule has 0 spiro atoms. The van der Waals surface area contributed by atoms with Gasteiger partial charge >= 0.3 is 0 Å². The fourth-order valence-corrected chi connectivity index (χ4v) is 3.09. The van der Waals surface area contributed by atoms with E-state index < -0.39 is 0 Å². The number of aliphatic hydroxyl groups is 1. The van der Waals surface area contributed by atoms with Crippen molar-refractivity contribution in [2.24, 2.45) is 11.8 Å².